The van der Waals surface area contributed by atoms with Crippen LogP contribution < -0.4 is 10.6 Å². The van der Waals surface area contributed by atoms with E-state index >= 15 is 0 Å². The summed E-state index contributed by atoms with van der Waals surface area (Å²) in [5.74, 6) is 0.199. The van der Waals surface area contributed by atoms with E-state index in [0.717, 1.165) is 34.3 Å². The molecular weight excluding hydrogens is 298 g/mol. The van der Waals surface area contributed by atoms with Crippen LogP contribution in [-0.2, 0) is 6.54 Å². The monoisotopic (exact) mass is 321 g/mol. The number of carbonyl (C=O) groups excluding carboxylic acids is 1. The van der Waals surface area contributed by atoms with E-state index < -0.39 is 0 Å². The van der Waals surface area contributed by atoms with Crippen molar-refractivity contribution in [2.75, 3.05) is 11.9 Å². The number of urea groups is 1. The molecule has 0 spiro atoms. The minimum atomic E-state index is -0.206. The summed E-state index contributed by atoms with van der Waals surface area (Å²) >= 11 is 1.63. The fourth-order valence-electron chi connectivity index (χ4n) is 2.28. The molecule has 0 aliphatic rings. The number of carbonyl (C=O) groups is 1. The summed E-state index contributed by atoms with van der Waals surface area (Å²) in [6.45, 7) is 11.3. The van der Waals surface area contributed by atoms with Crippen molar-refractivity contribution in [1.82, 2.24) is 20.1 Å². The lowest BCUT2D eigenvalue weighted by molar-refractivity contribution is 0.251. The van der Waals surface area contributed by atoms with Crippen LogP contribution in [0, 0.1) is 20.8 Å². The van der Waals surface area contributed by atoms with E-state index in [1.54, 1.807) is 11.3 Å². The summed E-state index contributed by atoms with van der Waals surface area (Å²) in [6.07, 6.45) is 0. The largest absolute Gasteiger partial charge is 0.337 e. The van der Waals surface area contributed by atoms with Gasteiger partial charge in [-0.3, -0.25) is 4.68 Å². The molecule has 2 heterocycles. The van der Waals surface area contributed by atoms with Gasteiger partial charge in [-0.1, -0.05) is 6.92 Å². The van der Waals surface area contributed by atoms with E-state index in [2.05, 4.69) is 27.6 Å². The maximum absolute atomic E-state index is 12.1. The molecule has 0 saturated carbocycles. The summed E-state index contributed by atoms with van der Waals surface area (Å²) in [7, 11) is 0. The van der Waals surface area contributed by atoms with Crippen molar-refractivity contribution in [3.05, 3.63) is 27.5 Å². The Labute approximate surface area is 135 Å². The number of rotatable bonds is 5. The lowest BCUT2D eigenvalue weighted by Gasteiger charge is -2.11. The second-order valence-corrected chi connectivity index (χ2v) is 6.31. The van der Waals surface area contributed by atoms with Crippen molar-refractivity contribution in [2.45, 2.75) is 47.1 Å². The van der Waals surface area contributed by atoms with Gasteiger partial charge >= 0.3 is 6.03 Å². The summed E-state index contributed by atoms with van der Waals surface area (Å²) in [5.41, 5.74) is 3.61. The Morgan fingerprint density at radius 3 is 2.68 bits per heavy atom. The molecule has 1 unspecified atom stereocenters. The van der Waals surface area contributed by atoms with Crippen LogP contribution in [0.15, 0.2) is 5.38 Å². The van der Waals surface area contributed by atoms with Crippen molar-refractivity contribution in [2.24, 2.45) is 0 Å². The third kappa shape index (κ3) is 3.65. The van der Waals surface area contributed by atoms with Gasteiger partial charge in [0.05, 0.1) is 22.1 Å². The van der Waals surface area contributed by atoms with E-state index in [1.165, 1.54) is 0 Å². The highest BCUT2D eigenvalue weighted by Gasteiger charge is 2.15. The summed E-state index contributed by atoms with van der Waals surface area (Å²) in [6, 6.07) is -0.206. The van der Waals surface area contributed by atoms with Crippen LogP contribution in [0.1, 0.15) is 41.9 Å². The lowest BCUT2D eigenvalue weighted by atomic mass is 10.2. The quantitative estimate of drug-likeness (QED) is 0.888. The Balaban J connectivity index is 1.92. The van der Waals surface area contributed by atoms with Gasteiger partial charge in [-0.05, 0) is 27.7 Å². The van der Waals surface area contributed by atoms with Gasteiger partial charge in [0.2, 0.25) is 0 Å². The zero-order chi connectivity index (χ0) is 16.3. The van der Waals surface area contributed by atoms with E-state index in [0.29, 0.717) is 6.54 Å². The number of nitrogens with one attached hydrogen (secondary N) is 2. The molecule has 0 aliphatic heterocycles. The van der Waals surface area contributed by atoms with E-state index in [9.17, 15) is 4.79 Å². The van der Waals surface area contributed by atoms with Crippen LogP contribution in [0.25, 0.3) is 0 Å². The molecule has 2 aromatic rings. The molecule has 2 amide bonds. The first-order valence-corrected chi connectivity index (χ1v) is 8.31. The van der Waals surface area contributed by atoms with Gasteiger partial charge in [0.1, 0.15) is 0 Å². The normalized spacial score (nSPS) is 12.2. The predicted octanol–water partition coefficient (Wildman–Crippen LogP) is 3.21. The number of amides is 2. The van der Waals surface area contributed by atoms with Gasteiger partial charge in [-0.2, -0.15) is 5.10 Å². The molecule has 0 fully saturated rings. The maximum Gasteiger partial charge on any atom is 0.319 e. The van der Waals surface area contributed by atoms with Crippen molar-refractivity contribution in [3.63, 3.8) is 0 Å². The number of aryl methyl sites for hydroxylation is 3. The van der Waals surface area contributed by atoms with Crippen LogP contribution >= 0.6 is 11.3 Å². The Kier molecular flexibility index (Phi) is 5.18. The second-order valence-electron chi connectivity index (χ2n) is 5.42. The minimum Gasteiger partial charge on any atom is -0.337 e. The third-order valence-corrected chi connectivity index (χ3v) is 4.74. The topological polar surface area (TPSA) is 71.8 Å². The first-order valence-electron chi connectivity index (χ1n) is 7.43. The van der Waals surface area contributed by atoms with Gasteiger partial charge < -0.3 is 10.6 Å². The molecule has 0 aliphatic carbocycles. The fraction of sp³-hybridized carbons (Fsp3) is 0.533. The van der Waals surface area contributed by atoms with Crippen LogP contribution in [0.4, 0.5) is 10.5 Å². The maximum atomic E-state index is 12.1. The summed E-state index contributed by atoms with van der Waals surface area (Å²) < 4.78 is 1.88. The van der Waals surface area contributed by atoms with Gasteiger partial charge in [-0.25, -0.2) is 9.78 Å². The Bertz CT molecular complexity index is 661. The van der Waals surface area contributed by atoms with Crippen molar-refractivity contribution in [3.8, 4) is 0 Å². The van der Waals surface area contributed by atoms with Crippen LogP contribution in [0.3, 0.4) is 0 Å². The Hall–Kier alpha value is -1.89. The fourth-order valence-corrected chi connectivity index (χ4v) is 3.13. The molecule has 22 heavy (non-hydrogen) atoms. The van der Waals surface area contributed by atoms with E-state index in [1.807, 2.05) is 37.8 Å². The molecular formula is C15H23N5OS. The smallest absolute Gasteiger partial charge is 0.319 e. The average Bonchev–Trinajstić information content (AvgIpc) is 3.03. The number of aromatic nitrogens is 3. The van der Waals surface area contributed by atoms with Gasteiger partial charge in [-0.15, -0.1) is 11.3 Å². The highest BCUT2D eigenvalue weighted by Crippen LogP contribution is 2.20. The predicted molar refractivity (Wildman–Crippen MR) is 89.7 cm³/mol. The molecule has 120 valence electrons. The van der Waals surface area contributed by atoms with E-state index in [4.69, 9.17) is 0 Å². The number of hydrogen-bond donors (Lipinski definition) is 2. The van der Waals surface area contributed by atoms with Gasteiger partial charge in [0.15, 0.2) is 0 Å². The molecule has 2 N–H and O–H groups in total. The van der Waals surface area contributed by atoms with Crippen LogP contribution in [-0.4, -0.2) is 27.3 Å². The van der Waals surface area contributed by atoms with E-state index in [-0.39, 0.29) is 11.9 Å². The van der Waals surface area contributed by atoms with Crippen molar-refractivity contribution >= 4 is 23.1 Å². The van der Waals surface area contributed by atoms with Crippen LogP contribution in [0.5, 0.6) is 0 Å². The summed E-state index contributed by atoms with van der Waals surface area (Å²) in [4.78, 5) is 16.5. The van der Waals surface area contributed by atoms with Gasteiger partial charge in [0, 0.05) is 30.1 Å². The van der Waals surface area contributed by atoms with Crippen molar-refractivity contribution < 1.29 is 4.79 Å². The zero-order valence-corrected chi connectivity index (χ0v) is 14.5. The first-order chi connectivity index (χ1) is 10.4. The molecule has 2 aromatic heterocycles. The molecule has 2 rings (SSSR count). The van der Waals surface area contributed by atoms with Crippen LogP contribution in [0.2, 0.25) is 0 Å². The third-order valence-electron chi connectivity index (χ3n) is 3.55. The standard InChI is InChI=1S/C15H23N5OS/c1-6-20-12(5)13(11(4)19-20)18-15(21)16-7-9(2)14-17-10(3)8-22-14/h8-9H,6-7H2,1-5H3,(H2,16,18,21). The number of hydrogen-bond acceptors (Lipinski definition) is 4. The van der Waals surface area contributed by atoms with Gasteiger partial charge in [0.25, 0.3) is 0 Å². The molecule has 6 nitrogen and oxygen atoms in total. The number of thiazole rings is 1. The molecule has 0 aromatic carbocycles. The molecule has 7 heteroatoms. The van der Waals surface area contributed by atoms with Crippen molar-refractivity contribution in [1.29, 1.82) is 0 Å². The second kappa shape index (κ2) is 6.91. The SMILES string of the molecule is CCn1nc(C)c(NC(=O)NCC(C)c2nc(C)cs2)c1C. The molecule has 0 saturated heterocycles. The Morgan fingerprint density at radius 2 is 2.14 bits per heavy atom. The highest BCUT2D eigenvalue weighted by atomic mass is 32.1. The zero-order valence-electron chi connectivity index (χ0n) is 13.7. The average molecular weight is 321 g/mol. The highest BCUT2D eigenvalue weighted by molar-refractivity contribution is 7.09. The number of nitrogens with zero attached hydrogens (tertiary/aromatic N) is 3. The minimum absolute atomic E-state index is 0.199. The number of anilines is 1. The molecule has 0 bridgehead atoms. The summed E-state index contributed by atoms with van der Waals surface area (Å²) in [5, 5.41) is 13.3. The first kappa shape index (κ1) is 16.5. The molecule has 1 atom stereocenters. The Morgan fingerprint density at radius 1 is 1.41 bits per heavy atom. The molecule has 0 radical (unpaired) electrons. The lowest BCUT2D eigenvalue weighted by Crippen LogP contribution is -2.32.